The molecule has 5 heteroatoms. The number of nitrogens with one attached hydrogen (secondary N) is 1. The molecular weight excluding hydrogens is 180 g/mol. The summed E-state index contributed by atoms with van der Waals surface area (Å²) in [4.78, 5) is 11.3. The van der Waals surface area contributed by atoms with Gasteiger partial charge in [0, 0.05) is 12.8 Å². The molecule has 2 rings (SSSR count). The van der Waals surface area contributed by atoms with E-state index in [1.54, 1.807) is 12.4 Å². The van der Waals surface area contributed by atoms with Crippen LogP contribution < -0.4 is 5.73 Å². The first-order valence-electron chi connectivity index (χ1n) is 4.47. The summed E-state index contributed by atoms with van der Waals surface area (Å²) in [5.74, 6) is 0.696. The number of rotatable bonds is 3. The van der Waals surface area contributed by atoms with E-state index < -0.39 is 0 Å². The fraction of sp³-hybridized carbons (Fsp3) is 0.333. The minimum Gasteiger partial charge on any atom is -0.396 e. The smallest absolute Gasteiger partial charge is 0.124 e. The molecule has 0 saturated carbocycles. The van der Waals surface area contributed by atoms with Crippen LogP contribution in [0.15, 0.2) is 18.5 Å². The summed E-state index contributed by atoms with van der Waals surface area (Å²) in [5, 5.41) is 8.74. The van der Waals surface area contributed by atoms with Gasteiger partial charge >= 0.3 is 0 Å². The van der Waals surface area contributed by atoms with Gasteiger partial charge < -0.3 is 15.8 Å². The lowest BCUT2D eigenvalue weighted by Crippen LogP contribution is -2.13. The molecular formula is C9H12N4O. The lowest BCUT2D eigenvalue weighted by Gasteiger charge is -2.04. The summed E-state index contributed by atoms with van der Waals surface area (Å²) in [6, 6.07) is 1.58. The summed E-state index contributed by atoms with van der Waals surface area (Å²) < 4.78 is 0. The molecule has 1 atom stereocenters. The fourth-order valence-corrected chi connectivity index (χ4v) is 1.33. The van der Waals surface area contributed by atoms with Crippen molar-refractivity contribution >= 4 is 11.0 Å². The van der Waals surface area contributed by atoms with E-state index >= 15 is 0 Å². The van der Waals surface area contributed by atoms with Gasteiger partial charge in [0.1, 0.15) is 5.82 Å². The number of nitrogens with two attached hydrogens (primary N) is 1. The molecule has 2 heterocycles. The molecule has 0 saturated heterocycles. The van der Waals surface area contributed by atoms with E-state index in [0.29, 0.717) is 12.2 Å². The van der Waals surface area contributed by atoms with Gasteiger partial charge in [-0.25, -0.2) is 4.98 Å². The Balaban J connectivity index is 2.35. The fourth-order valence-electron chi connectivity index (χ4n) is 1.33. The van der Waals surface area contributed by atoms with Crippen molar-refractivity contribution in [3.63, 3.8) is 0 Å². The molecule has 0 bridgehead atoms. The highest BCUT2D eigenvalue weighted by Gasteiger charge is 2.09. The van der Waals surface area contributed by atoms with Crippen LogP contribution in [0.25, 0.3) is 11.0 Å². The van der Waals surface area contributed by atoms with Crippen LogP contribution in [0.4, 0.5) is 0 Å². The highest BCUT2D eigenvalue weighted by Crippen LogP contribution is 2.14. The molecule has 0 aliphatic carbocycles. The van der Waals surface area contributed by atoms with E-state index in [4.69, 9.17) is 10.8 Å². The zero-order chi connectivity index (χ0) is 9.97. The van der Waals surface area contributed by atoms with E-state index in [-0.39, 0.29) is 12.6 Å². The number of aromatic nitrogens is 3. The first kappa shape index (κ1) is 9.11. The van der Waals surface area contributed by atoms with Crippen LogP contribution in [0.5, 0.6) is 0 Å². The molecule has 74 valence electrons. The molecule has 0 radical (unpaired) electrons. The molecule has 0 aliphatic rings. The molecule has 2 aromatic heterocycles. The largest absolute Gasteiger partial charge is 0.396 e. The minimum atomic E-state index is -0.243. The Labute approximate surface area is 81.0 Å². The van der Waals surface area contributed by atoms with Crippen molar-refractivity contribution in [2.45, 2.75) is 12.5 Å². The maximum atomic E-state index is 8.74. The van der Waals surface area contributed by atoms with E-state index in [9.17, 15) is 0 Å². The zero-order valence-electron chi connectivity index (χ0n) is 7.64. The van der Waals surface area contributed by atoms with Crippen LogP contribution in [0, 0.1) is 0 Å². The lowest BCUT2D eigenvalue weighted by molar-refractivity contribution is 0.275. The lowest BCUT2D eigenvalue weighted by atomic mass is 10.2. The maximum Gasteiger partial charge on any atom is 0.124 e. The molecule has 0 spiro atoms. The van der Waals surface area contributed by atoms with Crippen molar-refractivity contribution in [3.05, 3.63) is 24.3 Å². The number of pyridine rings is 1. The summed E-state index contributed by atoms with van der Waals surface area (Å²) in [6.45, 7) is 0.0659. The number of H-pyrrole nitrogens is 1. The highest BCUT2D eigenvalue weighted by atomic mass is 16.3. The second-order valence-electron chi connectivity index (χ2n) is 3.13. The van der Waals surface area contributed by atoms with Crippen LogP contribution in [0.3, 0.4) is 0 Å². The van der Waals surface area contributed by atoms with E-state index in [1.807, 2.05) is 6.07 Å². The van der Waals surface area contributed by atoms with Crippen molar-refractivity contribution in [3.8, 4) is 0 Å². The van der Waals surface area contributed by atoms with Crippen LogP contribution in [-0.4, -0.2) is 26.7 Å². The van der Waals surface area contributed by atoms with Crippen molar-refractivity contribution in [2.24, 2.45) is 5.73 Å². The quantitative estimate of drug-likeness (QED) is 0.654. The van der Waals surface area contributed by atoms with Crippen molar-refractivity contribution in [2.75, 3.05) is 6.61 Å². The second kappa shape index (κ2) is 3.73. The summed E-state index contributed by atoms with van der Waals surface area (Å²) in [7, 11) is 0. The van der Waals surface area contributed by atoms with Crippen molar-refractivity contribution < 1.29 is 5.11 Å². The normalized spacial score (nSPS) is 13.3. The molecule has 5 nitrogen and oxygen atoms in total. The molecule has 0 amide bonds. The zero-order valence-corrected chi connectivity index (χ0v) is 7.64. The molecule has 4 N–H and O–H groups in total. The summed E-state index contributed by atoms with van der Waals surface area (Å²) in [5.41, 5.74) is 7.52. The number of nitrogens with zero attached hydrogens (tertiary/aromatic N) is 2. The number of aliphatic hydroxyl groups excluding tert-OH is 1. The monoisotopic (exact) mass is 192 g/mol. The van der Waals surface area contributed by atoms with Gasteiger partial charge in [-0.1, -0.05) is 0 Å². The third-order valence-corrected chi connectivity index (χ3v) is 2.09. The Morgan fingerprint density at radius 1 is 1.57 bits per heavy atom. The number of hydrogen-bond acceptors (Lipinski definition) is 4. The van der Waals surface area contributed by atoms with Crippen molar-refractivity contribution in [1.29, 1.82) is 0 Å². The number of imidazole rings is 1. The average Bonchev–Trinajstić information content (AvgIpc) is 2.61. The number of aromatic amines is 1. The van der Waals surface area contributed by atoms with Gasteiger partial charge in [0.2, 0.25) is 0 Å². The Kier molecular flexibility index (Phi) is 2.43. The third kappa shape index (κ3) is 1.59. The van der Waals surface area contributed by atoms with Gasteiger partial charge in [-0.05, 0) is 12.5 Å². The van der Waals surface area contributed by atoms with Crippen LogP contribution >= 0.6 is 0 Å². The van der Waals surface area contributed by atoms with E-state index in [1.165, 1.54) is 0 Å². The van der Waals surface area contributed by atoms with E-state index in [2.05, 4.69) is 15.0 Å². The second-order valence-corrected chi connectivity index (χ2v) is 3.13. The molecule has 0 fully saturated rings. The predicted molar refractivity (Wildman–Crippen MR) is 52.5 cm³/mol. The average molecular weight is 192 g/mol. The van der Waals surface area contributed by atoms with Gasteiger partial charge in [-0.15, -0.1) is 0 Å². The molecule has 2 aromatic rings. The molecule has 14 heavy (non-hydrogen) atoms. The highest BCUT2D eigenvalue weighted by molar-refractivity contribution is 5.73. The first-order valence-corrected chi connectivity index (χ1v) is 4.47. The SMILES string of the molecule is NC(CCO)c1nc2ccncc2[nH]1. The Hall–Kier alpha value is -1.46. The van der Waals surface area contributed by atoms with E-state index in [0.717, 1.165) is 11.0 Å². The summed E-state index contributed by atoms with van der Waals surface area (Å²) >= 11 is 0. The molecule has 1 unspecified atom stereocenters. The predicted octanol–water partition coefficient (Wildman–Crippen LogP) is 0.340. The van der Waals surface area contributed by atoms with Gasteiger partial charge in [0.25, 0.3) is 0 Å². The molecule has 0 aliphatic heterocycles. The van der Waals surface area contributed by atoms with Gasteiger partial charge in [-0.3, -0.25) is 4.98 Å². The third-order valence-electron chi connectivity index (χ3n) is 2.09. The van der Waals surface area contributed by atoms with Crippen LogP contribution in [-0.2, 0) is 0 Å². The molecule has 0 aromatic carbocycles. The maximum absolute atomic E-state index is 8.74. The Bertz CT molecular complexity index is 392. The standard InChI is InChI=1S/C9H12N4O/c10-6(2-4-14)9-12-7-1-3-11-5-8(7)13-9/h1,3,5-6,14H,2,4,10H2,(H,12,13). The Morgan fingerprint density at radius 2 is 2.43 bits per heavy atom. The van der Waals surface area contributed by atoms with Gasteiger partial charge in [0.05, 0.1) is 23.3 Å². The van der Waals surface area contributed by atoms with Gasteiger partial charge in [0.15, 0.2) is 0 Å². The number of hydrogen-bond donors (Lipinski definition) is 3. The Morgan fingerprint density at radius 3 is 3.14 bits per heavy atom. The van der Waals surface area contributed by atoms with Crippen molar-refractivity contribution in [1.82, 2.24) is 15.0 Å². The minimum absolute atomic E-state index is 0.0659. The van der Waals surface area contributed by atoms with Gasteiger partial charge in [-0.2, -0.15) is 0 Å². The van der Waals surface area contributed by atoms with Crippen LogP contribution in [0.1, 0.15) is 18.3 Å². The number of fused-ring (bicyclic) bond motifs is 1. The van der Waals surface area contributed by atoms with Crippen LogP contribution in [0.2, 0.25) is 0 Å². The number of aliphatic hydroxyl groups is 1. The topological polar surface area (TPSA) is 87.8 Å². The first-order chi connectivity index (χ1) is 6.81. The summed E-state index contributed by atoms with van der Waals surface area (Å²) in [6.07, 6.45) is 3.90.